The van der Waals surface area contributed by atoms with Gasteiger partial charge in [0.2, 0.25) is 0 Å². The van der Waals surface area contributed by atoms with E-state index in [1.807, 2.05) is 39.8 Å². The highest BCUT2D eigenvalue weighted by Crippen LogP contribution is 2.37. The molecular weight excluding hydrogens is 280 g/mol. The van der Waals surface area contributed by atoms with E-state index in [-0.39, 0.29) is 5.41 Å². The summed E-state index contributed by atoms with van der Waals surface area (Å²) in [6, 6.07) is 16.6. The van der Waals surface area contributed by atoms with Crippen LogP contribution in [0.5, 0.6) is 0 Å². The van der Waals surface area contributed by atoms with E-state index in [0.717, 1.165) is 22.8 Å². The molecule has 2 aromatic rings. The topological polar surface area (TPSA) is 24.4 Å². The Bertz CT molecular complexity index is 649. The van der Waals surface area contributed by atoms with Crippen LogP contribution in [-0.4, -0.2) is 5.71 Å². The maximum atomic E-state index is 4.91. The molecule has 0 saturated heterocycles. The van der Waals surface area contributed by atoms with Crippen molar-refractivity contribution in [1.82, 2.24) is 0 Å². The zero-order valence-electron chi connectivity index (χ0n) is 15.6. The van der Waals surface area contributed by atoms with Gasteiger partial charge in [0.1, 0.15) is 0 Å². The van der Waals surface area contributed by atoms with E-state index in [1.54, 1.807) is 0 Å². The van der Waals surface area contributed by atoms with Crippen LogP contribution in [-0.2, 0) is 0 Å². The standard InChI is InChI=1S/C17H18N2.2C2H6/c1-17(2,3)16-12-8-4-5-9-13(12)18-14-10-6-7-11-15(14)19-16;2*1-2/h4-11,18H,1-3H3;2*1-2H3. The lowest BCUT2D eigenvalue weighted by molar-refractivity contribution is 0.593. The van der Waals surface area contributed by atoms with Crippen LogP contribution in [0.4, 0.5) is 17.1 Å². The summed E-state index contributed by atoms with van der Waals surface area (Å²) in [5, 5.41) is 3.49. The number of nitrogens with zero attached hydrogens (tertiary/aromatic N) is 1. The lowest BCUT2D eigenvalue weighted by Gasteiger charge is -2.22. The van der Waals surface area contributed by atoms with Crippen LogP contribution in [0.15, 0.2) is 53.5 Å². The third kappa shape index (κ3) is 4.44. The van der Waals surface area contributed by atoms with Crippen LogP contribution < -0.4 is 5.32 Å². The molecule has 0 saturated carbocycles. The third-order valence-electron chi connectivity index (χ3n) is 3.30. The first-order valence-corrected chi connectivity index (χ1v) is 8.60. The fourth-order valence-electron chi connectivity index (χ4n) is 2.37. The normalized spacial score (nSPS) is 11.9. The molecule has 1 aliphatic heterocycles. The second kappa shape index (κ2) is 8.52. The summed E-state index contributed by atoms with van der Waals surface area (Å²) >= 11 is 0. The summed E-state index contributed by atoms with van der Waals surface area (Å²) in [4.78, 5) is 4.91. The zero-order valence-corrected chi connectivity index (χ0v) is 15.6. The highest BCUT2D eigenvalue weighted by atomic mass is 14.9. The lowest BCUT2D eigenvalue weighted by Crippen LogP contribution is -2.21. The number of fused-ring (bicyclic) bond motifs is 2. The Hall–Kier alpha value is -2.09. The monoisotopic (exact) mass is 310 g/mol. The fraction of sp³-hybridized carbons (Fsp3) is 0.381. The smallest absolute Gasteiger partial charge is 0.0868 e. The molecule has 0 aromatic heterocycles. The van der Waals surface area contributed by atoms with Crippen LogP contribution in [0.3, 0.4) is 0 Å². The second-order valence-corrected chi connectivity index (χ2v) is 5.90. The van der Waals surface area contributed by atoms with E-state index in [4.69, 9.17) is 4.99 Å². The van der Waals surface area contributed by atoms with Gasteiger partial charge in [-0.25, -0.2) is 0 Å². The van der Waals surface area contributed by atoms with Gasteiger partial charge in [-0.05, 0) is 18.2 Å². The molecule has 0 spiro atoms. The van der Waals surface area contributed by atoms with Gasteiger partial charge in [0.25, 0.3) is 0 Å². The van der Waals surface area contributed by atoms with Crippen molar-refractivity contribution in [2.24, 2.45) is 10.4 Å². The van der Waals surface area contributed by atoms with E-state index >= 15 is 0 Å². The number of rotatable bonds is 0. The maximum Gasteiger partial charge on any atom is 0.0868 e. The Morgan fingerprint density at radius 1 is 0.739 bits per heavy atom. The summed E-state index contributed by atoms with van der Waals surface area (Å²) in [5.41, 5.74) is 5.51. The minimum Gasteiger partial charge on any atom is -0.353 e. The number of benzene rings is 2. The predicted molar refractivity (Wildman–Crippen MR) is 105 cm³/mol. The Morgan fingerprint density at radius 3 is 1.87 bits per heavy atom. The van der Waals surface area contributed by atoms with E-state index in [1.165, 1.54) is 5.56 Å². The highest BCUT2D eigenvalue weighted by Gasteiger charge is 2.25. The van der Waals surface area contributed by atoms with Crippen molar-refractivity contribution in [3.05, 3.63) is 54.1 Å². The molecule has 23 heavy (non-hydrogen) atoms. The second-order valence-electron chi connectivity index (χ2n) is 5.90. The van der Waals surface area contributed by atoms with E-state index < -0.39 is 0 Å². The fourth-order valence-corrected chi connectivity index (χ4v) is 2.37. The highest BCUT2D eigenvalue weighted by molar-refractivity contribution is 6.11. The molecule has 124 valence electrons. The number of anilines is 2. The summed E-state index contributed by atoms with van der Waals surface area (Å²) in [6.45, 7) is 14.6. The van der Waals surface area contributed by atoms with Crippen LogP contribution >= 0.6 is 0 Å². The molecule has 0 unspecified atom stereocenters. The molecule has 0 atom stereocenters. The molecule has 2 heteroatoms. The summed E-state index contributed by atoms with van der Waals surface area (Å²) in [5.74, 6) is 0. The van der Waals surface area contributed by atoms with Crippen molar-refractivity contribution in [2.75, 3.05) is 5.32 Å². The average Bonchev–Trinajstić information content (AvgIpc) is 2.75. The minimum atomic E-state index is 0.00916. The van der Waals surface area contributed by atoms with Crippen LogP contribution in [0, 0.1) is 5.41 Å². The van der Waals surface area contributed by atoms with E-state index in [0.29, 0.717) is 0 Å². The zero-order chi connectivity index (χ0) is 17.5. The maximum absolute atomic E-state index is 4.91. The van der Waals surface area contributed by atoms with Crippen molar-refractivity contribution >= 4 is 22.8 Å². The van der Waals surface area contributed by atoms with E-state index in [9.17, 15) is 0 Å². The number of hydrogen-bond donors (Lipinski definition) is 1. The number of hydrogen-bond acceptors (Lipinski definition) is 2. The van der Waals surface area contributed by atoms with Gasteiger partial charge in [0.05, 0.1) is 17.1 Å². The van der Waals surface area contributed by atoms with Gasteiger partial charge in [-0.3, -0.25) is 4.99 Å². The summed E-state index contributed by atoms with van der Waals surface area (Å²) < 4.78 is 0. The van der Waals surface area contributed by atoms with Gasteiger partial charge in [-0.2, -0.15) is 0 Å². The molecule has 0 radical (unpaired) electrons. The summed E-state index contributed by atoms with van der Waals surface area (Å²) in [6.07, 6.45) is 0. The van der Waals surface area contributed by atoms with Gasteiger partial charge in [-0.15, -0.1) is 0 Å². The third-order valence-corrected chi connectivity index (χ3v) is 3.30. The Balaban J connectivity index is 0.000000615. The predicted octanol–water partition coefficient (Wildman–Crippen LogP) is 6.96. The van der Waals surface area contributed by atoms with Gasteiger partial charge in [-0.1, -0.05) is 78.8 Å². The van der Waals surface area contributed by atoms with E-state index in [2.05, 4.69) is 62.5 Å². The van der Waals surface area contributed by atoms with Gasteiger partial charge >= 0.3 is 0 Å². The molecule has 3 rings (SSSR count). The number of para-hydroxylation sites is 3. The summed E-state index contributed by atoms with van der Waals surface area (Å²) in [7, 11) is 0. The van der Waals surface area contributed by atoms with Gasteiger partial charge in [0, 0.05) is 16.7 Å². The van der Waals surface area contributed by atoms with Crippen molar-refractivity contribution in [3.63, 3.8) is 0 Å². The molecule has 2 nitrogen and oxygen atoms in total. The molecule has 1 N–H and O–H groups in total. The average molecular weight is 310 g/mol. The van der Waals surface area contributed by atoms with Gasteiger partial charge < -0.3 is 5.32 Å². The van der Waals surface area contributed by atoms with Crippen molar-refractivity contribution in [1.29, 1.82) is 0 Å². The molecule has 0 amide bonds. The first-order chi connectivity index (χ1) is 11.1. The first kappa shape index (κ1) is 19.0. The molecular formula is C21H30N2. The minimum absolute atomic E-state index is 0.00916. The molecule has 0 aliphatic carbocycles. The van der Waals surface area contributed by atoms with Gasteiger partial charge in [0.15, 0.2) is 0 Å². The molecule has 0 fully saturated rings. The Labute approximate surface area is 141 Å². The van der Waals surface area contributed by atoms with Crippen LogP contribution in [0.1, 0.15) is 54.0 Å². The Kier molecular flexibility index (Phi) is 7.02. The van der Waals surface area contributed by atoms with Crippen LogP contribution in [0.2, 0.25) is 0 Å². The molecule has 2 aromatic carbocycles. The van der Waals surface area contributed by atoms with Crippen molar-refractivity contribution in [3.8, 4) is 0 Å². The number of nitrogens with one attached hydrogen (secondary N) is 1. The first-order valence-electron chi connectivity index (χ1n) is 8.60. The SMILES string of the molecule is CC.CC.CC(C)(C)C1=Nc2ccccc2Nc2ccccc21. The quantitative estimate of drug-likeness (QED) is 0.558. The Morgan fingerprint density at radius 2 is 1.26 bits per heavy atom. The van der Waals surface area contributed by atoms with Crippen LogP contribution in [0.25, 0.3) is 0 Å². The molecule has 0 bridgehead atoms. The molecule has 1 heterocycles. The largest absolute Gasteiger partial charge is 0.353 e. The number of aliphatic imine (C=N–C) groups is 1. The van der Waals surface area contributed by atoms with Crippen molar-refractivity contribution < 1.29 is 0 Å². The lowest BCUT2D eigenvalue weighted by atomic mass is 9.85. The van der Waals surface area contributed by atoms with Crippen molar-refractivity contribution in [2.45, 2.75) is 48.5 Å². The molecule has 1 aliphatic rings.